The molecule has 0 fully saturated rings. The zero-order valence-electron chi connectivity index (χ0n) is 46.1. The smallest absolute Gasteiger partial charge is 0.411 e. The minimum absolute atomic E-state index is 0.00713. The Bertz CT molecular complexity index is 2850. The Balaban J connectivity index is 1.09. The third kappa shape index (κ3) is 14.4. The van der Waals surface area contributed by atoms with Crippen LogP contribution in [-0.2, 0) is 5.41 Å². The standard InChI is InChI=1S/C67H68F6N2O6/c1-5-9-45-76-55-37-25-51(26-38-55)74(52-27-39-56(40-28-52)77-46-10-6-2)61-17-13-15-19-63(61)80-59-33-21-49(22-34-59)65(66(68,69)70,67(71,72)73)50-23-35-60(36-24-50)81-64-20-16-14-18-62(64)75(53-29-41-57(42-30-53)78-47-11-7-3)54-31-43-58(44-32-54)79-48-12-8-4/h13-44H,5-12,45-48H2,1-4H3. The highest BCUT2D eigenvalue weighted by Gasteiger charge is 2.72. The average Bonchev–Trinajstić information content (AvgIpc) is 3.66. The summed E-state index contributed by atoms with van der Waals surface area (Å²) in [4.78, 5) is 3.87. The van der Waals surface area contributed by atoms with E-state index in [1.807, 2.05) is 131 Å². The fraction of sp³-hybridized carbons (Fsp3) is 0.284. The third-order valence-electron chi connectivity index (χ3n) is 13.5. The van der Waals surface area contributed by atoms with Crippen LogP contribution in [-0.4, -0.2) is 38.8 Å². The van der Waals surface area contributed by atoms with Crippen LogP contribution >= 0.6 is 0 Å². The molecule has 0 heterocycles. The topological polar surface area (TPSA) is 61.9 Å². The van der Waals surface area contributed by atoms with Gasteiger partial charge in [0.05, 0.1) is 37.8 Å². The SMILES string of the molecule is CCCCOc1ccc(N(c2ccc(OCCCC)cc2)c2ccccc2Oc2ccc(C(c3ccc(Oc4ccccc4N(c4ccc(OCCCC)cc4)c4ccc(OCCCC)cc4)cc3)(C(F)(F)F)C(F)(F)F)cc2)cc1. The molecule has 0 N–H and O–H groups in total. The number of hydrogen-bond donors (Lipinski definition) is 0. The number of para-hydroxylation sites is 4. The van der Waals surface area contributed by atoms with Crippen molar-refractivity contribution < 1.29 is 54.8 Å². The van der Waals surface area contributed by atoms with Crippen LogP contribution < -0.4 is 38.2 Å². The van der Waals surface area contributed by atoms with Gasteiger partial charge in [-0.05, 0) is 182 Å². The van der Waals surface area contributed by atoms with Gasteiger partial charge in [0.15, 0.2) is 11.5 Å². The van der Waals surface area contributed by atoms with Crippen LogP contribution in [0.2, 0.25) is 0 Å². The van der Waals surface area contributed by atoms with Gasteiger partial charge in [0.1, 0.15) is 34.5 Å². The van der Waals surface area contributed by atoms with Crippen LogP contribution in [0.1, 0.15) is 90.2 Å². The molecule has 0 aliphatic carbocycles. The van der Waals surface area contributed by atoms with Crippen molar-refractivity contribution in [3.8, 4) is 46.0 Å². The number of unbranched alkanes of at least 4 members (excludes halogenated alkanes) is 4. The monoisotopic (exact) mass is 1110 g/mol. The van der Waals surface area contributed by atoms with E-state index < -0.39 is 28.9 Å². The Hall–Kier alpha value is -8.26. The summed E-state index contributed by atoms with van der Waals surface area (Å²) in [6, 6.07) is 51.9. The van der Waals surface area contributed by atoms with Gasteiger partial charge in [-0.25, -0.2) is 0 Å². The molecule has 0 bridgehead atoms. The Kier molecular flexibility index (Phi) is 20.2. The first-order chi connectivity index (χ1) is 39.3. The largest absolute Gasteiger partial charge is 0.494 e. The second kappa shape index (κ2) is 27.8. The van der Waals surface area contributed by atoms with E-state index >= 15 is 26.3 Å². The maximum Gasteiger partial charge on any atom is 0.411 e. The van der Waals surface area contributed by atoms with Crippen LogP contribution in [0.3, 0.4) is 0 Å². The molecule has 0 unspecified atom stereocenters. The lowest BCUT2D eigenvalue weighted by Gasteiger charge is -2.38. The third-order valence-corrected chi connectivity index (χ3v) is 13.5. The van der Waals surface area contributed by atoms with E-state index in [2.05, 4.69) is 27.7 Å². The molecular weight excluding hydrogens is 1040 g/mol. The number of nitrogens with zero attached hydrogens (tertiary/aromatic N) is 2. The van der Waals surface area contributed by atoms with Gasteiger partial charge in [-0.1, -0.05) is 102 Å². The van der Waals surface area contributed by atoms with E-state index in [0.717, 1.165) is 123 Å². The molecule has 81 heavy (non-hydrogen) atoms. The van der Waals surface area contributed by atoms with Gasteiger partial charge in [0.2, 0.25) is 5.41 Å². The van der Waals surface area contributed by atoms with E-state index in [0.29, 0.717) is 60.8 Å². The van der Waals surface area contributed by atoms with E-state index in [1.165, 1.54) is 0 Å². The van der Waals surface area contributed by atoms with Crippen molar-refractivity contribution in [2.45, 2.75) is 96.8 Å². The fourth-order valence-electron chi connectivity index (χ4n) is 9.20. The first-order valence-electron chi connectivity index (χ1n) is 27.7. The normalized spacial score (nSPS) is 11.7. The molecule has 8 aromatic rings. The molecule has 0 radical (unpaired) electrons. The molecule has 424 valence electrons. The first kappa shape index (κ1) is 58.9. The molecule has 8 aromatic carbocycles. The average molecular weight is 1110 g/mol. The number of ether oxygens (including phenoxy) is 6. The Morgan fingerprint density at radius 2 is 0.556 bits per heavy atom. The lowest BCUT2D eigenvalue weighted by Crippen LogP contribution is -2.54. The molecule has 0 saturated heterocycles. The second-order valence-corrected chi connectivity index (χ2v) is 19.4. The maximum atomic E-state index is 15.7. The summed E-state index contributed by atoms with van der Waals surface area (Å²) in [7, 11) is 0. The van der Waals surface area contributed by atoms with Crippen molar-refractivity contribution >= 4 is 34.1 Å². The quantitative estimate of drug-likeness (QED) is 0.0355. The van der Waals surface area contributed by atoms with Crippen LogP contribution in [0.25, 0.3) is 0 Å². The van der Waals surface area contributed by atoms with Gasteiger partial charge in [0, 0.05) is 22.7 Å². The van der Waals surface area contributed by atoms with Gasteiger partial charge in [0.25, 0.3) is 0 Å². The van der Waals surface area contributed by atoms with Crippen LogP contribution in [0.15, 0.2) is 194 Å². The van der Waals surface area contributed by atoms with Crippen molar-refractivity contribution in [3.63, 3.8) is 0 Å². The molecule has 14 heteroatoms. The van der Waals surface area contributed by atoms with Crippen molar-refractivity contribution in [3.05, 3.63) is 205 Å². The van der Waals surface area contributed by atoms with Gasteiger partial charge in [-0.3, -0.25) is 0 Å². The minimum Gasteiger partial charge on any atom is -0.494 e. The lowest BCUT2D eigenvalue weighted by atomic mass is 9.73. The zero-order chi connectivity index (χ0) is 57.2. The predicted molar refractivity (Wildman–Crippen MR) is 310 cm³/mol. The highest BCUT2D eigenvalue weighted by atomic mass is 19.4. The van der Waals surface area contributed by atoms with E-state index in [4.69, 9.17) is 28.4 Å². The molecule has 8 rings (SSSR count). The summed E-state index contributed by atoms with van der Waals surface area (Å²) in [6.45, 7) is 10.6. The number of benzene rings is 8. The number of halogens is 6. The Morgan fingerprint density at radius 3 is 0.802 bits per heavy atom. The maximum absolute atomic E-state index is 15.7. The van der Waals surface area contributed by atoms with Crippen molar-refractivity contribution in [1.82, 2.24) is 0 Å². The Labute approximate surface area is 471 Å². The molecule has 8 nitrogen and oxygen atoms in total. The molecular formula is C67H68F6N2O6. The first-order valence-corrected chi connectivity index (χ1v) is 27.7. The van der Waals surface area contributed by atoms with Gasteiger partial charge >= 0.3 is 12.4 Å². The zero-order valence-corrected chi connectivity index (χ0v) is 46.1. The Morgan fingerprint density at radius 1 is 0.309 bits per heavy atom. The molecule has 0 amide bonds. The summed E-state index contributed by atoms with van der Waals surface area (Å²) in [5.74, 6) is 3.34. The lowest BCUT2D eigenvalue weighted by molar-refractivity contribution is -0.288. The minimum atomic E-state index is -5.85. The van der Waals surface area contributed by atoms with Crippen LogP contribution in [0, 0.1) is 0 Å². The predicted octanol–water partition coefficient (Wildman–Crippen LogP) is 20.3. The molecule has 0 aromatic heterocycles. The number of alkyl halides is 6. The highest BCUT2D eigenvalue weighted by molar-refractivity contribution is 5.82. The molecule has 0 saturated carbocycles. The van der Waals surface area contributed by atoms with E-state index in [1.54, 1.807) is 24.3 Å². The summed E-state index contributed by atoms with van der Waals surface area (Å²) in [5, 5.41) is 0. The molecule has 0 spiro atoms. The molecule has 0 aliphatic rings. The van der Waals surface area contributed by atoms with Crippen molar-refractivity contribution in [2.75, 3.05) is 36.2 Å². The fourth-order valence-corrected chi connectivity index (χ4v) is 9.20. The highest BCUT2D eigenvalue weighted by Crippen LogP contribution is 2.57. The summed E-state index contributed by atoms with van der Waals surface area (Å²) in [6.07, 6.45) is -4.17. The van der Waals surface area contributed by atoms with E-state index in [9.17, 15) is 0 Å². The summed E-state index contributed by atoms with van der Waals surface area (Å²) < 4.78 is 130. The summed E-state index contributed by atoms with van der Waals surface area (Å²) in [5.41, 5.74) is -2.53. The van der Waals surface area contributed by atoms with Gasteiger partial charge < -0.3 is 38.2 Å². The van der Waals surface area contributed by atoms with Crippen molar-refractivity contribution in [2.24, 2.45) is 0 Å². The summed E-state index contributed by atoms with van der Waals surface area (Å²) >= 11 is 0. The molecule has 0 atom stereocenters. The second-order valence-electron chi connectivity index (χ2n) is 19.4. The number of hydrogen-bond acceptors (Lipinski definition) is 8. The number of anilines is 6. The van der Waals surface area contributed by atoms with E-state index in [-0.39, 0.29) is 23.0 Å². The molecule has 0 aliphatic heterocycles. The van der Waals surface area contributed by atoms with Crippen LogP contribution in [0.4, 0.5) is 60.5 Å². The van der Waals surface area contributed by atoms with Gasteiger partial charge in [-0.2, -0.15) is 26.3 Å². The van der Waals surface area contributed by atoms with Crippen LogP contribution in [0.5, 0.6) is 46.0 Å². The van der Waals surface area contributed by atoms with Crippen molar-refractivity contribution in [1.29, 1.82) is 0 Å². The van der Waals surface area contributed by atoms with Gasteiger partial charge in [-0.15, -0.1) is 0 Å². The number of rotatable bonds is 28.